The normalized spacial score (nSPS) is 18.6. The Hall–Kier alpha value is -2.03. The van der Waals surface area contributed by atoms with Crippen molar-refractivity contribution in [2.75, 3.05) is 4.90 Å². The van der Waals surface area contributed by atoms with Gasteiger partial charge in [-0.3, -0.25) is 9.69 Å². The van der Waals surface area contributed by atoms with Crippen LogP contribution in [0.4, 0.5) is 11.5 Å². The van der Waals surface area contributed by atoms with Gasteiger partial charge in [0.15, 0.2) is 14.1 Å². The molecule has 4 rings (SSSR count). The van der Waals surface area contributed by atoms with Crippen LogP contribution in [0, 0.1) is 0 Å². The Kier molecular flexibility index (Phi) is 7.03. The number of fused-ring (bicyclic) bond motifs is 1. The van der Waals surface area contributed by atoms with Crippen LogP contribution in [-0.4, -0.2) is 35.3 Å². The van der Waals surface area contributed by atoms with E-state index < -0.39 is 13.7 Å². The van der Waals surface area contributed by atoms with Crippen molar-refractivity contribution in [3.05, 3.63) is 34.9 Å². The number of rotatable bonds is 6. The number of carbonyl (C=O) groups is 1. The molecule has 3 heterocycles. The Bertz CT molecular complexity index is 1090. The standard InChI is InChI=1S/C26H37ClN4O3Si/c1-25(2,3)35(6,7)33-16-19-29-22(27)21-23(30-19)31(24(32)26(21,4)5)17-13-14-20(28-15-17)34-18-11-9-8-10-12-18/h13-15,18H,8-12,16H2,1-7H3. The van der Waals surface area contributed by atoms with Crippen molar-refractivity contribution in [3.63, 3.8) is 0 Å². The van der Waals surface area contributed by atoms with Gasteiger partial charge in [-0.1, -0.05) is 38.8 Å². The van der Waals surface area contributed by atoms with Crippen LogP contribution >= 0.6 is 11.6 Å². The predicted octanol–water partition coefficient (Wildman–Crippen LogP) is 6.71. The van der Waals surface area contributed by atoms with E-state index >= 15 is 0 Å². The van der Waals surface area contributed by atoms with E-state index in [1.807, 2.05) is 26.0 Å². The van der Waals surface area contributed by atoms with Crippen molar-refractivity contribution in [1.29, 1.82) is 0 Å². The molecular formula is C26H37ClN4O3Si. The zero-order valence-corrected chi connectivity index (χ0v) is 23.7. The smallest absolute Gasteiger partial charge is 0.243 e. The molecule has 0 atom stereocenters. The molecule has 2 aromatic rings. The Balaban J connectivity index is 1.62. The van der Waals surface area contributed by atoms with Crippen molar-refractivity contribution in [1.82, 2.24) is 15.0 Å². The van der Waals surface area contributed by atoms with Crippen LogP contribution in [0.25, 0.3) is 0 Å². The highest BCUT2D eigenvalue weighted by molar-refractivity contribution is 6.74. The van der Waals surface area contributed by atoms with Gasteiger partial charge < -0.3 is 9.16 Å². The topological polar surface area (TPSA) is 77.4 Å². The first-order valence-electron chi connectivity index (χ1n) is 12.5. The van der Waals surface area contributed by atoms with Gasteiger partial charge in [0.2, 0.25) is 11.8 Å². The number of aromatic nitrogens is 3. The Morgan fingerprint density at radius 3 is 2.43 bits per heavy atom. The van der Waals surface area contributed by atoms with Crippen LogP contribution in [0.15, 0.2) is 18.3 Å². The molecule has 1 aliphatic carbocycles. The molecule has 0 radical (unpaired) electrons. The fourth-order valence-electron chi connectivity index (χ4n) is 4.34. The van der Waals surface area contributed by atoms with Crippen LogP contribution in [0.5, 0.6) is 5.88 Å². The molecule has 0 N–H and O–H groups in total. The average molecular weight is 517 g/mol. The van der Waals surface area contributed by atoms with Gasteiger partial charge in [0.05, 0.1) is 23.9 Å². The molecular weight excluding hydrogens is 480 g/mol. The molecule has 1 amide bonds. The summed E-state index contributed by atoms with van der Waals surface area (Å²) >= 11 is 6.64. The second-order valence-corrected chi connectivity index (χ2v) is 16.8. The zero-order valence-electron chi connectivity index (χ0n) is 21.9. The van der Waals surface area contributed by atoms with Crippen LogP contribution in [0.3, 0.4) is 0 Å². The highest BCUT2D eigenvalue weighted by atomic mass is 35.5. The van der Waals surface area contributed by atoms with Crippen molar-refractivity contribution >= 4 is 37.3 Å². The van der Waals surface area contributed by atoms with Crippen LogP contribution in [-0.2, 0) is 21.2 Å². The summed E-state index contributed by atoms with van der Waals surface area (Å²) in [5.74, 6) is 1.43. The molecule has 1 saturated carbocycles. The number of nitrogens with zero attached hydrogens (tertiary/aromatic N) is 4. The lowest BCUT2D eigenvalue weighted by molar-refractivity contribution is -0.121. The van der Waals surface area contributed by atoms with E-state index in [1.54, 1.807) is 11.1 Å². The summed E-state index contributed by atoms with van der Waals surface area (Å²) in [4.78, 5) is 28.9. The minimum atomic E-state index is -2.01. The summed E-state index contributed by atoms with van der Waals surface area (Å²) in [6.45, 7) is 14.9. The highest BCUT2D eigenvalue weighted by Gasteiger charge is 2.48. The molecule has 2 aromatic heterocycles. The third-order valence-corrected chi connectivity index (χ3v) is 12.4. The zero-order chi connectivity index (χ0) is 25.6. The van der Waals surface area contributed by atoms with Crippen molar-refractivity contribution in [2.24, 2.45) is 0 Å². The Morgan fingerprint density at radius 2 is 1.83 bits per heavy atom. The maximum Gasteiger partial charge on any atom is 0.243 e. The molecule has 0 aromatic carbocycles. The summed E-state index contributed by atoms with van der Waals surface area (Å²) in [7, 11) is -2.01. The summed E-state index contributed by atoms with van der Waals surface area (Å²) < 4.78 is 12.4. The quantitative estimate of drug-likeness (QED) is 0.313. The summed E-state index contributed by atoms with van der Waals surface area (Å²) in [6, 6.07) is 3.68. The second kappa shape index (κ2) is 9.45. The average Bonchev–Trinajstić information content (AvgIpc) is 2.98. The molecule has 0 bridgehead atoms. The fraction of sp³-hybridized carbons (Fsp3) is 0.615. The lowest BCUT2D eigenvalue weighted by Crippen LogP contribution is -2.40. The first-order chi connectivity index (χ1) is 16.3. The second-order valence-electron chi connectivity index (χ2n) is 11.7. The molecule has 0 spiro atoms. The number of amides is 1. The molecule has 0 unspecified atom stereocenters. The number of carbonyl (C=O) groups excluding carboxylic acids is 1. The third kappa shape index (κ3) is 5.11. The lowest BCUT2D eigenvalue weighted by atomic mass is 9.88. The van der Waals surface area contributed by atoms with Gasteiger partial charge in [0.1, 0.15) is 17.1 Å². The number of hydrogen-bond acceptors (Lipinski definition) is 6. The molecule has 1 aliphatic heterocycles. The Morgan fingerprint density at radius 1 is 1.14 bits per heavy atom. The highest BCUT2D eigenvalue weighted by Crippen LogP contribution is 2.47. The lowest BCUT2D eigenvalue weighted by Gasteiger charge is -2.35. The maximum atomic E-state index is 13.5. The molecule has 2 aliphatic rings. The van der Waals surface area contributed by atoms with E-state index in [4.69, 9.17) is 25.7 Å². The summed E-state index contributed by atoms with van der Waals surface area (Å²) in [6.07, 6.45) is 7.66. The molecule has 7 nitrogen and oxygen atoms in total. The van der Waals surface area contributed by atoms with E-state index in [0.29, 0.717) is 28.8 Å². The number of hydrogen-bond donors (Lipinski definition) is 0. The van der Waals surface area contributed by atoms with Crippen molar-refractivity contribution in [3.8, 4) is 5.88 Å². The first kappa shape index (κ1) is 26.0. The SMILES string of the molecule is CC1(C)C(=O)N(c2ccc(OC3CCCCC3)nc2)c2nc(CO[Si](C)(C)C(C)(C)C)nc(Cl)c21. The van der Waals surface area contributed by atoms with Crippen molar-refractivity contribution in [2.45, 2.75) is 103 Å². The van der Waals surface area contributed by atoms with Gasteiger partial charge in [-0.05, 0) is 63.7 Å². The Labute approximate surface area is 214 Å². The van der Waals surface area contributed by atoms with Crippen LogP contribution in [0.2, 0.25) is 23.3 Å². The molecule has 190 valence electrons. The number of ether oxygens (including phenoxy) is 1. The first-order valence-corrected chi connectivity index (χ1v) is 15.8. The minimum absolute atomic E-state index is 0.0601. The van der Waals surface area contributed by atoms with E-state index in [-0.39, 0.29) is 28.8 Å². The van der Waals surface area contributed by atoms with Gasteiger partial charge in [-0.2, -0.15) is 0 Å². The largest absolute Gasteiger partial charge is 0.474 e. The van der Waals surface area contributed by atoms with E-state index in [0.717, 1.165) is 12.8 Å². The van der Waals surface area contributed by atoms with Gasteiger partial charge in [0.25, 0.3) is 0 Å². The van der Waals surface area contributed by atoms with Crippen LogP contribution in [0.1, 0.15) is 78.1 Å². The van der Waals surface area contributed by atoms with E-state index in [1.165, 1.54) is 19.3 Å². The maximum absolute atomic E-state index is 13.5. The monoisotopic (exact) mass is 516 g/mol. The number of halogens is 1. The van der Waals surface area contributed by atoms with Crippen molar-refractivity contribution < 1.29 is 14.0 Å². The van der Waals surface area contributed by atoms with Gasteiger partial charge in [-0.25, -0.2) is 15.0 Å². The molecule has 0 saturated heterocycles. The number of anilines is 2. The molecule has 1 fully saturated rings. The van der Waals surface area contributed by atoms with Gasteiger partial charge >= 0.3 is 0 Å². The number of pyridine rings is 1. The third-order valence-electron chi connectivity index (χ3n) is 7.65. The molecule has 35 heavy (non-hydrogen) atoms. The van der Waals surface area contributed by atoms with E-state index in [2.05, 4.69) is 43.8 Å². The summed E-state index contributed by atoms with van der Waals surface area (Å²) in [5, 5.41) is 0.347. The fourth-order valence-corrected chi connectivity index (χ4v) is 5.68. The molecule has 9 heteroatoms. The van der Waals surface area contributed by atoms with Gasteiger partial charge in [0, 0.05) is 11.6 Å². The van der Waals surface area contributed by atoms with Gasteiger partial charge in [-0.15, -0.1) is 0 Å². The van der Waals surface area contributed by atoms with Crippen LogP contribution < -0.4 is 9.64 Å². The predicted molar refractivity (Wildman–Crippen MR) is 141 cm³/mol. The summed E-state index contributed by atoms with van der Waals surface area (Å²) in [5.41, 5.74) is 0.398. The minimum Gasteiger partial charge on any atom is -0.474 e. The van der Waals surface area contributed by atoms with E-state index in [9.17, 15) is 4.79 Å².